The maximum Gasteiger partial charge on any atom is 0.315 e. The van der Waals surface area contributed by atoms with Gasteiger partial charge in [0.05, 0.1) is 18.2 Å². The molecule has 126 valence electrons. The second-order valence-electron chi connectivity index (χ2n) is 7.62. The number of nitrogens with one attached hydrogen (secondary N) is 2. The molecule has 0 aliphatic heterocycles. The predicted molar refractivity (Wildman–Crippen MR) is 84.6 cm³/mol. The SMILES string of the molecule is CCOC1CC(NC(=O)NC(C)(CO)C2CC2)C12CCCC2. The Kier molecular flexibility index (Phi) is 4.38. The molecule has 3 rings (SSSR count). The van der Waals surface area contributed by atoms with E-state index in [0.717, 1.165) is 38.7 Å². The van der Waals surface area contributed by atoms with Gasteiger partial charge in [-0.25, -0.2) is 4.79 Å². The van der Waals surface area contributed by atoms with Crippen LogP contribution in [0.1, 0.15) is 58.8 Å². The lowest BCUT2D eigenvalue weighted by atomic mass is 9.60. The van der Waals surface area contributed by atoms with Crippen molar-refractivity contribution in [1.29, 1.82) is 0 Å². The van der Waals surface area contributed by atoms with Crippen LogP contribution < -0.4 is 10.6 Å². The second-order valence-corrected chi connectivity index (χ2v) is 7.62. The van der Waals surface area contributed by atoms with Crippen molar-refractivity contribution in [3.8, 4) is 0 Å². The van der Waals surface area contributed by atoms with Crippen LogP contribution in [0.4, 0.5) is 4.79 Å². The van der Waals surface area contributed by atoms with Crippen LogP contribution in [0.2, 0.25) is 0 Å². The van der Waals surface area contributed by atoms with Gasteiger partial charge in [-0.1, -0.05) is 12.8 Å². The number of aliphatic hydroxyl groups is 1. The number of rotatable bonds is 6. The number of carbonyl (C=O) groups is 1. The van der Waals surface area contributed by atoms with Crippen molar-refractivity contribution in [3.05, 3.63) is 0 Å². The summed E-state index contributed by atoms with van der Waals surface area (Å²) in [6.45, 7) is 4.73. The van der Waals surface area contributed by atoms with E-state index in [1.54, 1.807) is 0 Å². The summed E-state index contributed by atoms with van der Waals surface area (Å²) in [5.74, 6) is 0.418. The molecule has 3 atom stereocenters. The highest BCUT2D eigenvalue weighted by atomic mass is 16.5. The lowest BCUT2D eigenvalue weighted by molar-refractivity contribution is -0.127. The zero-order valence-electron chi connectivity index (χ0n) is 13.9. The number of amides is 2. The summed E-state index contributed by atoms with van der Waals surface area (Å²) in [6.07, 6.45) is 8.19. The third kappa shape index (κ3) is 2.73. The van der Waals surface area contributed by atoms with Crippen LogP contribution >= 0.6 is 0 Å². The van der Waals surface area contributed by atoms with Crippen LogP contribution in [0.3, 0.4) is 0 Å². The van der Waals surface area contributed by atoms with E-state index in [1.165, 1.54) is 12.8 Å². The molecule has 0 aromatic rings. The number of ether oxygens (including phenoxy) is 1. The van der Waals surface area contributed by atoms with Crippen LogP contribution in [-0.2, 0) is 4.74 Å². The summed E-state index contributed by atoms with van der Waals surface area (Å²) in [5.41, 5.74) is -0.321. The quantitative estimate of drug-likeness (QED) is 0.704. The van der Waals surface area contributed by atoms with Crippen LogP contribution in [0.15, 0.2) is 0 Å². The van der Waals surface area contributed by atoms with E-state index in [1.807, 2.05) is 13.8 Å². The Morgan fingerprint density at radius 2 is 2.05 bits per heavy atom. The lowest BCUT2D eigenvalue weighted by Crippen LogP contribution is -2.66. The molecule has 0 aromatic heterocycles. The van der Waals surface area contributed by atoms with E-state index in [4.69, 9.17) is 4.74 Å². The molecule has 22 heavy (non-hydrogen) atoms. The number of urea groups is 1. The van der Waals surface area contributed by atoms with Gasteiger partial charge in [-0.3, -0.25) is 0 Å². The molecule has 3 saturated carbocycles. The minimum atomic E-state index is -0.476. The molecule has 2 amide bonds. The molecule has 0 saturated heterocycles. The Morgan fingerprint density at radius 3 is 2.59 bits per heavy atom. The average molecular weight is 310 g/mol. The van der Waals surface area contributed by atoms with Gasteiger partial charge in [0.1, 0.15) is 0 Å². The van der Waals surface area contributed by atoms with Crippen LogP contribution in [0.5, 0.6) is 0 Å². The average Bonchev–Trinajstić information content (AvgIpc) is 3.23. The van der Waals surface area contributed by atoms with Crippen LogP contribution in [0.25, 0.3) is 0 Å². The fourth-order valence-corrected chi connectivity index (χ4v) is 4.53. The Balaban J connectivity index is 1.57. The first-order chi connectivity index (χ1) is 10.5. The monoisotopic (exact) mass is 310 g/mol. The second kappa shape index (κ2) is 6.00. The van der Waals surface area contributed by atoms with Crippen molar-refractivity contribution >= 4 is 6.03 Å². The number of carbonyl (C=O) groups excluding carboxylic acids is 1. The van der Waals surface area contributed by atoms with Gasteiger partial charge in [-0.05, 0) is 51.9 Å². The largest absolute Gasteiger partial charge is 0.394 e. The fourth-order valence-electron chi connectivity index (χ4n) is 4.53. The summed E-state index contributed by atoms with van der Waals surface area (Å²) in [6, 6.07) is 0.0865. The summed E-state index contributed by atoms with van der Waals surface area (Å²) in [4.78, 5) is 12.4. The minimum Gasteiger partial charge on any atom is -0.394 e. The van der Waals surface area contributed by atoms with E-state index in [-0.39, 0.29) is 24.1 Å². The molecule has 3 aliphatic rings. The van der Waals surface area contributed by atoms with E-state index in [9.17, 15) is 9.90 Å². The van der Waals surface area contributed by atoms with E-state index < -0.39 is 5.54 Å². The zero-order valence-corrected chi connectivity index (χ0v) is 13.9. The van der Waals surface area contributed by atoms with Gasteiger partial charge >= 0.3 is 6.03 Å². The Hall–Kier alpha value is -0.810. The molecule has 3 fully saturated rings. The predicted octanol–water partition coefficient (Wildman–Crippen LogP) is 2.18. The van der Waals surface area contributed by atoms with Gasteiger partial charge in [-0.2, -0.15) is 0 Å². The Morgan fingerprint density at radius 1 is 1.36 bits per heavy atom. The molecular weight excluding hydrogens is 280 g/mol. The number of hydrogen-bond acceptors (Lipinski definition) is 3. The van der Waals surface area contributed by atoms with E-state index in [2.05, 4.69) is 10.6 Å². The smallest absolute Gasteiger partial charge is 0.315 e. The summed E-state index contributed by atoms with van der Waals surface area (Å²) in [7, 11) is 0. The Labute approximate surface area is 133 Å². The molecule has 0 heterocycles. The first-order valence-electron chi connectivity index (χ1n) is 8.85. The van der Waals surface area contributed by atoms with Gasteiger partial charge in [0.25, 0.3) is 0 Å². The first kappa shape index (κ1) is 16.1. The van der Waals surface area contributed by atoms with Crippen molar-refractivity contribution in [2.45, 2.75) is 76.5 Å². The first-order valence-corrected chi connectivity index (χ1v) is 8.85. The molecule has 1 spiro atoms. The standard InChI is InChI=1S/C17H30N2O3/c1-3-22-14-10-13(17(14)8-4-5-9-17)18-15(21)19-16(2,11-20)12-6-7-12/h12-14,20H,3-11H2,1-2H3,(H2,18,19,21). The highest BCUT2D eigenvalue weighted by Gasteiger charge is 2.57. The van der Waals surface area contributed by atoms with Gasteiger partial charge in [-0.15, -0.1) is 0 Å². The highest BCUT2D eigenvalue weighted by Crippen LogP contribution is 2.54. The lowest BCUT2D eigenvalue weighted by Gasteiger charge is -2.54. The molecule has 5 heteroatoms. The van der Waals surface area contributed by atoms with Crippen molar-refractivity contribution in [2.24, 2.45) is 11.3 Å². The maximum atomic E-state index is 12.4. The molecular formula is C17H30N2O3. The topological polar surface area (TPSA) is 70.6 Å². The summed E-state index contributed by atoms with van der Waals surface area (Å²) in [5, 5.41) is 15.8. The van der Waals surface area contributed by atoms with Crippen molar-refractivity contribution in [2.75, 3.05) is 13.2 Å². The molecule has 3 N–H and O–H groups in total. The molecule has 3 aliphatic carbocycles. The highest BCUT2D eigenvalue weighted by molar-refractivity contribution is 5.75. The fraction of sp³-hybridized carbons (Fsp3) is 0.941. The number of aliphatic hydroxyl groups excluding tert-OH is 1. The van der Waals surface area contributed by atoms with Gasteiger partial charge < -0.3 is 20.5 Å². The summed E-state index contributed by atoms with van der Waals surface area (Å²) < 4.78 is 5.89. The van der Waals surface area contributed by atoms with E-state index in [0.29, 0.717) is 12.0 Å². The molecule has 3 unspecified atom stereocenters. The molecule has 0 aromatic carbocycles. The zero-order chi connectivity index (χ0) is 15.8. The maximum absolute atomic E-state index is 12.4. The minimum absolute atomic E-state index is 0.00245. The summed E-state index contributed by atoms with van der Waals surface area (Å²) >= 11 is 0. The van der Waals surface area contributed by atoms with Crippen molar-refractivity contribution in [3.63, 3.8) is 0 Å². The van der Waals surface area contributed by atoms with Gasteiger partial charge in [0, 0.05) is 18.1 Å². The normalized spacial score (nSPS) is 32.3. The van der Waals surface area contributed by atoms with Gasteiger partial charge in [0.15, 0.2) is 0 Å². The third-order valence-corrected chi connectivity index (χ3v) is 6.20. The Bertz CT molecular complexity index is 418. The molecule has 0 bridgehead atoms. The molecule has 0 radical (unpaired) electrons. The van der Waals surface area contributed by atoms with E-state index >= 15 is 0 Å². The van der Waals surface area contributed by atoms with Gasteiger partial charge in [0.2, 0.25) is 0 Å². The van der Waals surface area contributed by atoms with Crippen LogP contribution in [0, 0.1) is 11.3 Å². The van der Waals surface area contributed by atoms with Crippen molar-refractivity contribution < 1.29 is 14.6 Å². The molecule has 5 nitrogen and oxygen atoms in total. The number of hydrogen-bond donors (Lipinski definition) is 3. The van der Waals surface area contributed by atoms with Crippen molar-refractivity contribution in [1.82, 2.24) is 10.6 Å². The van der Waals surface area contributed by atoms with Crippen LogP contribution in [-0.4, -0.2) is 42.0 Å². The third-order valence-electron chi connectivity index (χ3n) is 6.20.